The fourth-order valence-corrected chi connectivity index (χ4v) is 2.17. The molecule has 2 aliphatic carbocycles. The number of fused-ring (bicyclic) bond motifs is 1. The van der Waals surface area contributed by atoms with Crippen molar-refractivity contribution < 1.29 is 26.2 Å². The SMILES string of the molecule is CC1=CC2=C(C3=CC=CC=CN3)C=CC2=C1.[Zr]. The van der Waals surface area contributed by atoms with Gasteiger partial charge >= 0.3 is 0 Å². The van der Waals surface area contributed by atoms with Gasteiger partial charge in [0.15, 0.2) is 0 Å². The minimum absolute atomic E-state index is 0. The Bertz CT molecular complexity index is 551. The largest absolute Gasteiger partial charge is 0.361 e. The maximum Gasteiger partial charge on any atom is 0.0459 e. The van der Waals surface area contributed by atoms with Crippen molar-refractivity contribution >= 4 is 0 Å². The van der Waals surface area contributed by atoms with E-state index in [0.29, 0.717) is 0 Å². The molecule has 82 valence electrons. The molecule has 0 aromatic carbocycles. The molecule has 0 spiro atoms. The van der Waals surface area contributed by atoms with Gasteiger partial charge in [0.05, 0.1) is 0 Å². The molecule has 0 unspecified atom stereocenters. The van der Waals surface area contributed by atoms with E-state index in [2.05, 4.69) is 48.7 Å². The van der Waals surface area contributed by atoms with Crippen molar-refractivity contribution in [2.45, 2.75) is 6.92 Å². The van der Waals surface area contributed by atoms with E-state index in [0.717, 1.165) is 5.70 Å². The Labute approximate surface area is 121 Å². The van der Waals surface area contributed by atoms with Crippen molar-refractivity contribution in [3.8, 4) is 0 Å². The summed E-state index contributed by atoms with van der Waals surface area (Å²) in [4.78, 5) is 0. The van der Waals surface area contributed by atoms with Crippen LogP contribution in [0.3, 0.4) is 0 Å². The van der Waals surface area contributed by atoms with Crippen LogP contribution in [0.4, 0.5) is 0 Å². The van der Waals surface area contributed by atoms with E-state index >= 15 is 0 Å². The molecule has 1 nitrogen and oxygen atoms in total. The Hall–Kier alpha value is -1.14. The molecular formula is C15H13NZr. The average molecular weight is 298 g/mol. The fourth-order valence-electron chi connectivity index (χ4n) is 2.17. The first-order valence-corrected chi connectivity index (χ1v) is 5.48. The van der Waals surface area contributed by atoms with Gasteiger partial charge < -0.3 is 5.32 Å². The summed E-state index contributed by atoms with van der Waals surface area (Å²) >= 11 is 0. The minimum Gasteiger partial charge on any atom is -0.361 e. The van der Waals surface area contributed by atoms with Gasteiger partial charge in [-0.15, -0.1) is 0 Å². The smallest absolute Gasteiger partial charge is 0.0459 e. The second-order valence-electron chi connectivity index (χ2n) is 4.12. The molecule has 1 N–H and O–H groups in total. The van der Waals surface area contributed by atoms with Gasteiger partial charge in [-0.1, -0.05) is 36.5 Å². The zero-order chi connectivity index (χ0) is 11.0. The quantitative estimate of drug-likeness (QED) is 0.783. The summed E-state index contributed by atoms with van der Waals surface area (Å²) < 4.78 is 0. The first-order valence-electron chi connectivity index (χ1n) is 5.48. The number of hydrogen-bond acceptors (Lipinski definition) is 1. The van der Waals surface area contributed by atoms with Gasteiger partial charge in [-0.25, -0.2) is 0 Å². The first-order chi connectivity index (χ1) is 7.84. The van der Waals surface area contributed by atoms with E-state index in [1.807, 2.05) is 18.4 Å². The molecule has 0 aromatic rings. The third-order valence-electron chi connectivity index (χ3n) is 2.90. The zero-order valence-electron chi connectivity index (χ0n) is 9.70. The van der Waals surface area contributed by atoms with Crippen LogP contribution < -0.4 is 5.32 Å². The molecule has 3 aliphatic rings. The molecule has 3 rings (SSSR count). The van der Waals surface area contributed by atoms with E-state index in [-0.39, 0.29) is 26.2 Å². The van der Waals surface area contributed by atoms with Gasteiger partial charge in [0.1, 0.15) is 0 Å². The normalized spacial score (nSPS) is 20.2. The molecule has 1 aliphatic heterocycles. The second-order valence-corrected chi connectivity index (χ2v) is 4.12. The standard InChI is InChI=1S/C15H13N.Zr/c1-11-9-12-6-7-13(14(12)10-11)15-5-3-2-4-8-16-15;/h2-10,16H,1H3;. The third kappa shape index (κ3) is 2.28. The van der Waals surface area contributed by atoms with Gasteiger partial charge in [0.2, 0.25) is 0 Å². The van der Waals surface area contributed by atoms with Crippen molar-refractivity contribution in [1.29, 1.82) is 0 Å². The molecule has 17 heavy (non-hydrogen) atoms. The molecule has 0 amide bonds. The van der Waals surface area contributed by atoms with Crippen LogP contribution in [-0.2, 0) is 26.2 Å². The number of allylic oxidation sites excluding steroid dienone is 11. The number of nitrogens with one attached hydrogen (secondary N) is 1. The second kappa shape index (κ2) is 5.02. The Kier molecular flexibility index (Phi) is 3.64. The van der Waals surface area contributed by atoms with Gasteiger partial charge in [-0.2, -0.15) is 0 Å². The van der Waals surface area contributed by atoms with E-state index in [1.165, 1.54) is 22.3 Å². The maximum absolute atomic E-state index is 3.30. The van der Waals surface area contributed by atoms with Gasteiger partial charge in [0.25, 0.3) is 0 Å². The van der Waals surface area contributed by atoms with Crippen LogP contribution in [0.1, 0.15) is 6.92 Å². The van der Waals surface area contributed by atoms with Crippen LogP contribution in [-0.4, -0.2) is 0 Å². The monoisotopic (exact) mass is 297 g/mol. The predicted molar refractivity (Wildman–Crippen MR) is 67.5 cm³/mol. The molecule has 0 bridgehead atoms. The number of hydrogen-bond donors (Lipinski definition) is 1. The van der Waals surface area contributed by atoms with Crippen molar-refractivity contribution in [3.63, 3.8) is 0 Å². The number of rotatable bonds is 1. The van der Waals surface area contributed by atoms with Crippen molar-refractivity contribution in [2.75, 3.05) is 0 Å². The van der Waals surface area contributed by atoms with Crippen LogP contribution >= 0.6 is 0 Å². The van der Waals surface area contributed by atoms with Crippen LogP contribution in [0.5, 0.6) is 0 Å². The summed E-state index contributed by atoms with van der Waals surface area (Å²) in [7, 11) is 0. The van der Waals surface area contributed by atoms with Gasteiger partial charge in [-0.3, -0.25) is 0 Å². The zero-order valence-corrected chi connectivity index (χ0v) is 12.2. The van der Waals surface area contributed by atoms with E-state index in [9.17, 15) is 0 Å². The molecule has 0 fully saturated rings. The molecular weight excluding hydrogens is 285 g/mol. The summed E-state index contributed by atoms with van der Waals surface area (Å²) in [6.07, 6.45) is 19.0. The summed E-state index contributed by atoms with van der Waals surface area (Å²) in [6, 6.07) is 0. The molecule has 0 radical (unpaired) electrons. The van der Waals surface area contributed by atoms with Crippen LogP contribution in [0.15, 0.2) is 82.8 Å². The Morgan fingerprint density at radius 3 is 2.71 bits per heavy atom. The Morgan fingerprint density at radius 2 is 1.82 bits per heavy atom. The van der Waals surface area contributed by atoms with E-state index < -0.39 is 0 Å². The average Bonchev–Trinajstić information content (AvgIpc) is 2.68. The van der Waals surface area contributed by atoms with Gasteiger partial charge in [0, 0.05) is 43.7 Å². The van der Waals surface area contributed by atoms with Crippen LogP contribution in [0.2, 0.25) is 0 Å². The van der Waals surface area contributed by atoms with E-state index in [4.69, 9.17) is 0 Å². The Morgan fingerprint density at radius 1 is 0.941 bits per heavy atom. The van der Waals surface area contributed by atoms with Crippen LogP contribution in [0.25, 0.3) is 0 Å². The summed E-state index contributed by atoms with van der Waals surface area (Å²) in [6.45, 7) is 2.14. The fraction of sp³-hybridized carbons (Fsp3) is 0.0667. The molecule has 0 saturated heterocycles. The maximum atomic E-state index is 3.30. The summed E-state index contributed by atoms with van der Waals surface area (Å²) in [5, 5.41) is 3.30. The van der Waals surface area contributed by atoms with Crippen molar-refractivity contribution in [3.05, 3.63) is 82.8 Å². The topological polar surface area (TPSA) is 12.0 Å². The first kappa shape index (κ1) is 12.3. The summed E-state index contributed by atoms with van der Waals surface area (Å²) in [5.74, 6) is 0. The van der Waals surface area contributed by atoms with Gasteiger partial charge in [-0.05, 0) is 35.8 Å². The van der Waals surface area contributed by atoms with Crippen molar-refractivity contribution in [1.82, 2.24) is 5.32 Å². The summed E-state index contributed by atoms with van der Waals surface area (Å²) in [5.41, 5.74) is 6.42. The molecule has 0 aromatic heterocycles. The third-order valence-corrected chi connectivity index (χ3v) is 2.90. The van der Waals surface area contributed by atoms with Crippen LogP contribution in [0, 0.1) is 0 Å². The molecule has 0 saturated carbocycles. The van der Waals surface area contributed by atoms with Crippen molar-refractivity contribution in [2.24, 2.45) is 0 Å². The van der Waals surface area contributed by atoms with E-state index in [1.54, 1.807) is 0 Å². The minimum atomic E-state index is 0. The predicted octanol–water partition coefficient (Wildman–Crippen LogP) is 3.29. The Balaban J connectivity index is 0.00000108. The molecule has 0 atom stereocenters. The molecule has 2 heteroatoms. The molecule has 1 heterocycles.